The summed E-state index contributed by atoms with van der Waals surface area (Å²) in [7, 11) is 0. The molecule has 1 N–H and O–H groups in total. The zero-order chi connectivity index (χ0) is 17.2. The minimum Gasteiger partial charge on any atom is -0.300 e. The molecule has 0 bridgehead atoms. The number of rotatable bonds is 2. The third-order valence-electron chi connectivity index (χ3n) is 3.79. The number of nitrogens with one attached hydrogen (secondary N) is 1. The van der Waals surface area contributed by atoms with E-state index in [1.54, 1.807) is 0 Å². The third-order valence-corrected chi connectivity index (χ3v) is 5.19. The molecule has 3 aromatic rings. The van der Waals surface area contributed by atoms with Gasteiger partial charge in [0.2, 0.25) is 0 Å². The van der Waals surface area contributed by atoms with Gasteiger partial charge in [0.05, 0.1) is 10.6 Å². The van der Waals surface area contributed by atoms with Gasteiger partial charge in [-0.05, 0) is 47.0 Å². The molecule has 0 atom stereocenters. The van der Waals surface area contributed by atoms with Crippen LogP contribution in [-0.2, 0) is 4.79 Å². The minimum atomic E-state index is -0.121. The number of fused-ring (bicyclic) bond motifs is 1. The van der Waals surface area contributed by atoms with Crippen molar-refractivity contribution in [1.82, 2.24) is 5.32 Å². The average molecular weight is 409 g/mol. The van der Waals surface area contributed by atoms with Crippen LogP contribution in [0.5, 0.6) is 0 Å². The normalized spacial score (nSPS) is 17.4. The molecular formula is C20H13BrN2OS. The van der Waals surface area contributed by atoms with E-state index in [0.29, 0.717) is 10.1 Å². The van der Waals surface area contributed by atoms with E-state index in [4.69, 9.17) is 0 Å². The Balaban J connectivity index is 1.67. The van der Waals surface area contributed by atoms with E-state index in [0.717, 1.165) is 26.5 Å². The number of amides is 1. The lowest BCUT2D eigenvalue weighted by Crippen LogP contribution is -2.19. The second-order valence-corrected chi connectivity index (χ2v) is 7.48. The van der Waals surface area contributed by atoms with E-state index in [9.17, 15) is 4.79 Å². The molecule has 122 valence electrons. The van der Waals surface area contributed by atoms with Crippen molar-refractivity contribution < 1.29 is 4.79 Å². The summed E-state index contributed by atoms with van der Waals surface area (Å²) < 4.78 is 0.981. The van der Waals surface area contributed by atoms with Gasteiger partial charge in [-0.3, -0.25) is 4.79 Å². The summed E-state index contributed by atoms with van der Waals surface area (Å²) in [6.45, 7) is 0. The van der Waals surface area contributed by atoms with Gasteiger partial charge in [0.25, 0.3) is 5.91 Å². The lowest BCUT2D eigenvalue weighted by atomic mass is 10.1. The molecule has 1 saturated heterocycles. The van der Waals surface area contributed by atoms with Gasteiger partial charge in [-0.2, -0.15) is 0 Å². The van der Waals surface area contributed by atoms with Gasteiger partial charge < -0.3 is 5.32 Å². The van der Waals surface area contributed by atoms with Crippen molar-refractivity contribution in [2.45, 2.75) is 0 Å². The van der Waals surface area contributed by atoms with E-state index < -0.39 is 0 Å². The van der Waals surface area contributed by atoms with Crippen molar-refractivity contribution >= 4 is 61.3 Å². The molecule has 3 aromatic carbocycles. The fourth-order valence-corrected chi connectivity index (χ4v) is 3.90. The molecule has 0 saturated carbocycles. The van der Waals surface area contributed by atoms with Crippen molar-refractivity contribution in [3.8, 4) is 0 Å². The van der Waals surface area contributed by atoms with E-state index in [2.05, 4.69) is 38.4 Å². The lowest BCUT2D eigenvalue weighted by Gasteiger charge is -2.02. The van der Waals surface area contributed by atoms with Gasteiger partial charge in [0, 0.05) is 9.86 Å². The molecule has 1 fully saturated rings. The van der Waals surface area contributed by atoms with Gasteiger partial charge in [-0.25, -0.2) is 4.99 Å². The average Bonchev–Trinajstić information content (AvgIpc) is 2.94. The Morgan fingerprint density at radius 2 is 1.80 bits per heavy atom. The van der Waals surface area contributed by atoms with Gasteiger partial charge in [-0.15, -0.1) is 0 Å². The van der Waals surface area contributed by atoms with Crippen LogP contribution in [0.15, 0.2) is 81.1 Å². The number of amidine groups is 1. The number of nitrogens with zero attached hydrogens (tertiary/aromatic N) is 1. The molecule has 1 heterocycles. The van der Waals surface area contributed by atoms with Crippen LogP contribution >= 0.6 is 27.7 Å². The largest absolute Gasteiger partial charge is 0.300 e. The van der Waals surface area contributed by atoms with E-state index in [1.807, 2.05) is 60.7 Å². The highest BCUT2D eigenvalue weighted by Crippen LogP contribution is 2.31. The Labute approximate surface area is 158 Å². The molecule has 1 amide bonds. The number of halogens is 1. The highest BCUT2D eigenvalue weighted by Gasteiger charge is 2.23. The van der Waals surface area contributed by atoms with Crippen LogP contribution in [0.25, 0.3) is 16.8 Å². The maximum Gasteiger partial charge on any atom is 0.264 e. The number of benzene rings is 3. The monoisotopic (exact) mass is 408 g/mol. The van der Waals surface area contributed by atoms with Crippen molar-refractivity contribution in [1.29, 1.82) is 0 Å². The van der Waals surface area contributed by atoms with Crippen LogP contribution in [0.1, 0.15) is 5.56 Å². The second-order valence-electron chi connectivity index (χ2n) is 5.54. The van der Waals surface area contributed by atoms with Gasteiger partial charge in [-0.1, -0.05) is 64.5 Å². The predicted octanol–water partition coefficient (Wildman–Crippen LogP) is 5.49. The smallest absolute Gasteiger partial charge is 0.264 e. The standard InChI is InChI=1S/C20H13BrN2OS/c21-15-8-3-5-13(11-15)12-18-19(24)23-20(25-18)22-17-10-4-7-14-6-1-2-9-16(14)17/h1-12H,(H,22,23,24)/b18-12-. The summed E-state index contributed by atoms with van der Waals surface area (Å²) >= 11 is 4.80. The zero-order valence-corrected chi connectivity index (χ0v) is 15.5. The highest BCUT2D eigenvalue weighted by molar-refractivity contribution is 9.10. The fourth-order valence-electron chi connectivity index (χ4n) is 2.64. The summed E-state index contributed by atoms with van der Waals surface area (Å²) in [4.78, 5) is 17.5. The maximum absolute atomic E-state index is 12.2. The second kappa shape index (κ2) is 6.86. The van der Waals surface area contributed by atoms with Crippen molar-refractivity contribution in [3.05, 3.63) is 81.7 Å². The first-order valence-electron chi connectivity index (χ1n) is 7.72. The van der Waals surface area contributed by atoms with Crippen LogP contribution in [-0.4, -0.2) is 11.1 Å². The Kier molecular flexibility index (Phi) is 4.42. The fraction of sp³-hybridized carbons (Fsp3) is 0. The molecule has 4 rings (SSSR count). The van der Waals surface area contributed by atoms with E-state index >= 15 is 0 Å². The summed E-state index contributed by atoms with van der Waals surface area (Å²) in [6.07, 6.45) is 1.87. The number of hydrogen-bond acceptors (Lipinski definition) is 3. The van der Waals surface area contributed by atoms with Gasteiger partial charge >= 0.3 is 0 Å². The van der Waals surface area contributed by atoms with Crippen molar-refractivity contribution in [2.24, 2.45) is 4.99 Å². The van der Waals surface area contributed by atoms with Gasteiger partial charge in [0.1, 0.15) is 0 Å². The molecule has 1 aliphatic heterocycles. The molecule has 3 nitrogen and oxygen atoms in total. The maximum atomic E-state index is 12.2. The first-order valence-corrected chi connectivity index (χ1v) is 9.33. The van der Waals surface area contributed by atoms with Crippen molar-refractivity contribution in [3.63, 3.8) is 0 Å². The molecule has 0 radical (unpaired) electrons. The number of thioether (sulfide) groups is 1. The molecule has 1 aliphatic rings. The van der Waals surface area contributed by atoms with Crippen LogP contribution in [0.3, 0.4) is 0 Å². The molecule has 5 heteroatoms. The Bertz CT molecular complexity index is 1040. The SMILES string of the molecule is O=C1NC(=Nc2cccc3ccccc23)S/C1=C\c1cccc(Br)c1. The Morgan fingerprint density at radius 3 is 2.68 bits per heavy atom. The van der Waals surface area contributed by atoms with Crippen LogP contribution in [0.2, 0.25) is 0 Å². The first kappa shape index (κ1) is 16.1. The Hall–Kier alpha value is -2.37. The van der Waals surface area contributed by atoms with Crippen LogP contribution < -0.4 is 5.32 Å². The number of hydrogen-bond donors (Lipinski definition) is 1. The molecule has 0 aromatic heterocycles. The summed E-state index contributed by atoms with van der Waals surface area (Å²) in [6, 6.07) is 21.9. The lowest BCUT2D eigenvalue weighted by molar-refractivity contribution is -0.115. The third kappa shape index (κ3) is 3.52. The number of aliphatic imine (C=N–C) groups is 1. The number of carbonyl (C=O) groups is 1. The predicted molar refractivity (Wildman–Crippen MR) is 109 cm³/mol. The van der Waals surface area contributed by atoms with Gasteiger partial charge in [0.15, 0.2) is 5.17 Å². The molecule has 0 unspecified atom stereocenters. The van der Waals surface area contributed by atoms with Crippen LogP contribution in [0.4, 0.5) is 5.69 Å². The summed E-state index contributed by atoms with van der Waals surface area (Å²) in [5.41, 5.74) is 1.82. The minimum absolute atomic E-state index is 0.121. The highest BCUT2D eigenvalue weighted by atomic mass is 79.9. The van der Waals surface area contributed by atoms with Crippen molar-refractivity contribution in [2.75, 3.05) is 0 Å². The zero-order valence-electron chi connectivity index (χ0n) is 13.1. The Morgan fingerprint density at radius 1 is 1.00 bits per heavy atom. The van der Waals surface area contributed by atoms with E-state index in [1.165, 1.54) is 11.8 Å². The summed E-state index contributed by atoms with van der Waals surface area (Å²) in [5.74, 6) is -0.121. The molecule has 0 spiro atoms. The molecular weight excluding hydrogens is 396 g/mol. The quantitative estimate of drug-likeness (QED) is 0.569. The topological polar surface area (TPSA) is 41.5 Å². The van der Waals surface area contributed by atoms with Crippen LogP contribution in [0, 0.1) is 0 Å². The van der Waals surface area contributed by atoms with E-state index in [-0.39, 0.29) is 5.91 Å². The molecule has 25 heavy (non-hydrogen) atoms. The number of carbonyl (C=O) groups excluding carboxylic acids is 1. The molecule has 0 aliphatic carbocycles. The first-order chi connectivity index (χ1) is 12.2. The summed E-state index contributed by atoms with van der Waals surface area (Å²) in [5, 5.41) is 5.64.